The van der Waals surface area contributed by atoms with Gasteiger partial charge < -0.3 is 20.3 Å². The minimum Gasteiger partial charge on any atom is -0.466 e. The molecule has 1 amide bonds. The van der Waals surface area contributed by atoms with Crippen molar-refractivity contribution in [2.75, 3.05) is 13.2 Å². The van der Waals surface area contributed by atoms with Crippen molar-refractivity contribution >= 4 is 11.9 Å². The van der Waals surface area contributed by atoms with E-state index in [0.717, 1.165) is 83.5 Å². The van der Waals surface area contributed by atoms with Crippen LogP contribution in [0.15, 0.2) is 24.3 Å². The Balaban J connectivity index is 3.53. The van der Waals surface area contributed by atoms with Crippen molar-refractivity contribution in [3.8, 4) is 0 Å². The van der Waals surface area contributed by atoms with Crippen LogP contribution < -0.4 is 5.32 Å². The summed E-state index contributed by atoms with van der Waals surface area (Å²) in [5.74, 6) is -0.107. The molecule has 0 heterocycles. The summed E-state index contributed by atoms with van der Waals surface area (Å²) in [4.78, 5) is 24.4. The predicted molar refractivity (Wildman–Crippen MR) is 227 cm³/mol. The largest absolute Gasteiger partial charge is 0.466 e. The van der Waals surface area contributed by atoms with Gasteiger partial charge >= 0.3 is 5.97 Å². The molecule has 0 aliphatic carbocycles. The van der Waals surface area contributed by atoms with Crippen molar-refractivity contribution in [1.29, 1.82) is 0 Å². The van der Waals surface area contributed by atoms with E-state index in [2.05, 4.69) is 43.5 Å². The smallest absolute Gasteiger partial charge is 0.305 e. The number of hydrogen-bond donors (Lipinski definition) is 3. The molecule has 0 aliphatic rings. The van der Waals surface area contributed by atoms with Gasteiger partial charge in [0.2, 0.25) is 5.91 Å². The highest BCUT2D eigenvalue weighted by atomic mass is 16.5. The van der Waals surface area contributed by atoms with Crippen molar-refractivity contribution in [2.45, 2.75) is 251 Å². The van der Waals surface area contributed by atoms with E-state index >= 15 is 0 Å². The number of nitrogens with one attached hydrogen (secondary N) is 1. The fourth-order valence-electron chi connectivity index (χ4n) is 6.86. The molecule has 3 N–H and O–H groups in total. The maximum Gasteiger partial charge on any atom is 0.305 e. The number of ether oxygens (including phenoxy) is 1. The zero-order chi connectivity index (χ0) is 38.7. The highest BCUT2D eigenvalue weighted by molar-refractivity contribution is 5.76. The molecule has 0 aromatic carbocycles. The molecular formula is C47H89NO5. The van der Waals surface area contributed by atoms with Gasteiger partial charge in [-0.05, 0) is 77.0 Å². The second-order valence-corrected chi connectivity index (χ2v) is 15.7. The summed E-state index contributed by atoms with van der Waals surface area (Å²) in [5, 5.41) is 23.1. The van der Waals surface area contributed by atoms with Gasteiger partial charge in [0, 0.05) is 12.8 Å². The molecule has 53 heavy (non-hydrogen) atoms. The molecular weight excluding hydrogens is 659 g/mol. The van der Waals surface area contributed by atoms with Crippen LogP contribution in [0.4, 0.5) is 0 Å². The molecule has 6 nitrogen and oxygen atoms in total. The van der Waals surface area contributed by atoms with Gasteiger partial charge in [0.1, 0.15) is 0 Å². The van der Waals surface area contributed by atoms with Crippen molar-refractivity contribution in [3.05, 3.63) is 24.3 Å². The number of carbonyl (C=O) groups is 2. The lowest BCUT2D eigenvalue weighted by Crippen LogP contribution is -2.45. The third-order valence-corrected chi connectivity index (χ3v) is 10.5. The summed E-state index contributed by atoms with van der Waals surface area (Å²) >= 11 is 0. The summed E-state index contributed by atoms with van der Waals surface area (Å²) in [6.45, 7) is 4.84. The first-order chi connectivity index (χ1) is 26.0. The Morgan fingerprint density at radius 1 is 0.509 bits per heavy atom. The Morgan fingerprint density at radius 3 is 1.34 bits per heavy atom. The summed E-state index contributed by atoms with van der Waals surface area (Å²) in [6, 6.07) is -0.561. The van der Waals surface area contributed by atoms with E-state index in [-0.39, 0.29) is 18.5 Å². The van der Waals surface area contributed by atoms with E-state index in [1.807, 2.05) is 0 Å². The van der Waals surface area contributed by atoms with Crippen LogP contribution in [0.1, 0.15) is 239 Å². The van der Waals surface area contributed by atoms with E-state index in [0.29, 0.717) is 25.9 Å². The van der Waals surface area contributed by atoms with Crippen LogP contribution in [0.3, 0.4) is 0 Å². The molecule has 0 fully saturated rings. The lowest BCUT2D eigenvalue weighted by molar-refractivity contribution is -0.143. The first-order valence-electron chi connectivity index (χ1n) is 23.1. The molecule has 0 saturated heterocycles. The highest BCUT2D eigenvalue weighted by Crippen LogP contribution is 2.15. The Labute approximate surface area is 329 Å². The molecule has 0 bridgehead atoms. The maximum atomic E-state index is 12.4. The highest BCUT2D eigenvalue weighted by Gasteiger charge is 2.20. The molecule has 2 atom stereocenters. The average Bonchev–Trinajstić information content (AvgIpc) is 3.16. The number of amides is 1. The molecule has 0 aliphatic heterocycles. The summed E-state index contributed by atoms with van der Waals surface area (Å²) in [6.07, 6.45) is 48.5. The standard InChI is InChI=1S/C47H89NO5/c1-3-5-7-9-11-13-15-16-17-21-25-29-33-37-41-47(52)53-42-38-34-30-26-22-18-20-24-28-32-36-40-46(51)48-44(43-49)45(50)39-35-31-27-23-19-14-12-10-8-6-4-2/h15-16,22,26,44-45,49-50H,3-14,17-21,23-25,27-43H2,1-2H3,(H,48,51)/b16-15-,26-22-. The molecule has 0 rings (SSSR count). The van der Waals surface area contributed by atoms with Gasteiger partial charge in [-0.3, -0.25) is 9.59 Å². The van der Waals surface area contributed by atoms with Gasteiger partial charge in [-0.15, -0.1) is 0 Å². The zero-order valence-electron chi connectivity index (χ0n) is 35.2. The van der Waals surface area contributed by atoms with Crippen LogP contribution in [-0.4, -0.2) is 47.4 Å². The topological polar surface area (TPSA) is 95.9 Å². The minimum absolute atomic E-state index is 0.0405. The van der Waals surface area contributed by atoms with Gasteiger partial charge in [0.15, 0.2) is 0 Å². The zero-order valence-corrected chi connectivity index (χ0v) is 35.2. The SMILES string of the molecule is CCCCCCC/C=C\CCCCCCCC(=O)OCCCC/C=C\CCCCCCCC(=O)NC(CO)C(O)CCCCCCCCCCCCC. The lowest BCUT2D eigenvalue weighted by Gasteiger charge is -2.22. The van der Waals surface area contributed by atoms with Crippen LogP contribution in [0.2, 0.25) is 0 Å². The van der Waals surface area contributed by atoms with Crippen LogP contribution >= 0.6 is 0 Å². The second-order valence-electron chi connectivity index (χ2n) is 15.7. The number of unbranched alkanes of at least 4 members (excludes halogenated alkanes) is 27. The van der Waals surface area contributed by atoms with E-state index in [1.165, 1.54) is 122 Å². The fraction of sp³-hybridized carbons (Fsp3) is 0.872. The minimum atomic E-state index is -0.680. The van der Waals surface area contributed by atoms with E-state index < -0.39 is 12.1 Å². The Bertz CT molecular complexity index is 828. The number of allylic oxidation sites excluding steroid dienone is 4. The van der Waals surface area contributed by atoms with Crippen LogP contribution in [0.5, 0.6) is 0 Å². The Hall–Kier alpha value is -1.66. The van der Waals surface area contributed by atoms with E-state index in [4.69, 9.17) is 4.74 Å². The number of aliphatic hydroxyl groups is 2. The van der Waals surface area contributed by atoms with Crippen molar-refractivity contribution in [1.82, 2.24) is 5.32 Å². The van der Waals surface area contributed by atoms with Crippen molar-refractivity contribution < 1.29 is 24.5 Å². The quantitative estimate of drug-likeness (QED) is 0.0328. The van der Waals surface area contributed by atoms with E-state index in [9.17, 15) is 19.8 Å². The van der Waals surface area contributed by atoms with Gasteiger partial charge in [0.25, 0.3) is 0 Å². The molecule has 0 aromatic rings. The fourth-order valence-corrected chi connectivity index (χ4v) is 6.86. The third kappa shape index (κ3) is 39.8. The van der Waals surface area contributed by atoms with Gasteiger partial charge in [0.05, 0.1) is 25.4 Å². The molecule has 6 heteroatoms. The summed E-state index contributed by atoms with van der Waals surface area (Å²) < 4.78 is 5.42. The first-order valence-corrected chi connectivity index (χ1v) is 23.1. The second kappa shape index (κ2) is 43.1. The molecule has 312 valence electrons. The lowest BCUT2D eigenvalue weighted by atomic mass is 10.0. The number of esters is 1. The van der Waals surface area contributed by atoms with Crippen LogP contribution in [0.25, 0.3) is 0 Å². The monoisotopic (exact) mass is 748 g/mol. The molecule has 0 radical (unpaired) electrons. The van der Waals surface area contributed by atoms with Crippen LogP contribution in [-0.2, 0) is 14.3 Å². The van der Waals surface area contributed by atoms with Gasteiger partial charge in [-0.25, -0.2) is 0 Å². The summed E-state index contributed by atoms with van der Waals surface area (Å²) in [7, 11) is 0. The molecule has 0 aromatic heterocycles. The maximum absolute atomic E-state index is 12.4. The molecule has 2 unspecified atom stereocenters. The summed E-state index contributed by atoms with van der Waals surface area (Å²) in [5.41, 5.74) is 0. The van der Waals surface area contributed by atoms with Gasteiger partial charge in [-0.1, -0.05) is 173 Å². The Kier molecular flexibility index (Phi) is 41.7. The number of aliphatic hydroxyl groups excluding tert-OH is 2. The van der Waals surface area contributed by atoms with Gasteiger partial charge in [-0.2, -0.15) is 0 Å². The van der Waals surface area contributed by atoms with Crippen molar-refractivity contribution in [2.24, 2.45) is 0 Å². The van der Waals surface area contributed by atoms with Crippen molar-refractivity contribution in [3.63, 3.8) is 0 Å². The number of rotatable bonds is 42. The first kappa shape index (κ1) is 51.3. The predicted octanol–water partition coefficient (Wildman–Crippen LogP) is 13.2. The normalized spacial score (nSPS) is 12.9. The number of carbonyl (C=O) groups excluding carboxylic acids is 2. The van der Waals surface area contributed by atoms with Crippen LogP contribution in [0, 0.1) is 0 Å². The molecule has 0 spiro atoms. The average molecular weight is 748 g/mol. The van der Waals surface area contributed by atoms with E-state index in [1.54, 1.807) is 0 Å². The third-order valence-electron chi connectivity index (χ3n) is 10.5. The number of hydrogen-bond acceptors (Lipinski definition) is 5. The molecule has 0 saturated carbocycles. The Morgan fingerprint density at radius 2 is 0.887 bits per heavy atom.